The lowest BCUT2D eigenvalue weighted by atomic mass is 10.1. The van der Waals surface area contributed by atoms with Crippen molar-refractivity contribution in [2.75, 3.05) is 43.1 Å². The number of aromatic nitrogens is 2. The molecule has 5 rings (SSSR count). The normalized spacial score (nSPS) is 13.8. The number of carbonyl (C=O) groups is 1. The minimum atomic E-state index is -0.260. The van der Waals surface area contributed by atoms with E-state index in [1.807, 2.05) is 53.9 Å². The maximum atomic E-state index is 12.5. The largest absolute Gasteiger partial charge is 0.467 e. The molecule has 3 heterocycles. The van der Waals surface area contributed by atoms with E-state index in [0.29, 0.717) is 16.6 Å². The molecule has 1 amide bonds. The number of rotatable bonds is 6. The van der Waals surface area contributed by atoms with E-state index in [-0.39, 0.29) is 12.5 Å². The fourth-order valence-electron chi connectivity index (χ4n) is 3.71. The molecule has 1 N–H and O–H groups in total. The highest BCUT2D eigenvalue weighted by Gasteiger charge is 2.16. The first-order valence-electron chi connectivity index (χ1n) is 10.5. The van der Waals surface area contributed by atoms with Crippen molar-refractivity contribution in [3.8, 4) is 17.0 Å². The average Bonchev–Trinajstić information content (AvgIpc) is 3.29. The summed E-state index contributed by atoms with van der Waals surface area (Å²) in [5.74, 6) is 0.119. The van der Waals surface area contributed by atoms with Gasteiger partial charge in [0.15, 0.2) is 6.61 Å². The molecule has 0 spiro atoms. The van der Waals surface area contributed by atoms with E-state index in [2.05, 4.69) is 20.2 Å². The summed E-state index contributed by atoms with van der Waals surface area (Å²) in [5.41, 5.74) is 3.76. The standard InChI is InChI=1S/C24H21ClN4O3S/c25-17-3-1-16(2-4-17)20-14-33-24-22(20)23(26-15-27-24)32-13-21(30)28-18-5-7-19(8-6-18)29-9-11-31-12-10-29/h1-8,14-15H,9-13H2,(H,28,30). The van der Waals surface area contributed by atoms with Gasteiger partial charge in [-0.15, -0.1) is 11.3 Å². The molecule has 168 valence electrons. The Morgan fingerprint density at radius 1 is 1.09 bits per heavy atom. The monoisotopic (exact) mass is 480 g/mol. The first kappa shape index (κ1) is 21.6. The Balaban J connectivity index is 1.26. The van der Waals surface area contributed by atoms with Gasteiger partial charge in [-0.3, -0.25) is 4.79 Å². The SMILES string of the molecule is O=C(COc1ncnc2scc(-c3ccc(Cl)cc3)c12)Nc1ccc(N2CCOCC2)cc1. The fraction of sp³-hybridized carbons (Fsp3) is 0.208. The molecule has 1 aliphatic rings. The van der Waals surface area contributed by atoms with Gasteiger partial charge >= 0.3 is 0 Å². The van der Waals surface area contributed by atoms with Crippen LogP contribution in [0, 0.1) is 0 Å². The Morgan fingerprint density at radius 2 is 1.85 bits per heavy atom. The lowest BCUT2D eigenvalue weighted by Gasteiger charge is -2.28. The minimum Gasteiger partial charge on any atom is -0.467 e. The van der Waals surface area contributed by atoms with E-state index in [9.17, 15) is 4.79 Å². The average molecular weight is 481 g/mol. The fourth-order valence-corrected chi connectivity index (χ4v) is 4.74. The lowest BCUT2D eigenvalue weighted by Crippen LogP contribution is -2.36. The van der Waals surface area contributed by atoms with Crippen LogP contribution in [0.1, 0.15) is 0 Å². The molecule has 33 heavy (non-hydrogen) atoms. The topological polar surface area (TPSA) is 76.6 Å². The van der Waals surface area contributed by atoms with E-state index in [4.69, 9.17) is 21.1 Å². The van der Waals surface area contributed by atoms with Crippen molar-refractivity contribution in [1.82, 2.24) is 9.97 Å². The van der Waals surface area contributed by atoms with Gasteiger partial charge in [0.05, 0.1) is 18.6 Å². The maximum Gasteiger partial charge on any atom is 0.262 e. The number of carbonyl (C=O) groups excluding carboxylic acids is 1. The van der Waals surface area contributed by atoms with Crippen LogP contribution in [0.3, 0.4) is 0 Å². The van der Waals surface area contributed by atoms with Crippen molar-refractivity contribution in [3.05, 3.63) is 65.3 Å². The van der Waals surface area contributed by atoms with E-state index < -0.39 is 0 Å². The van der Waals surface area contributed by atoms with Gasteiger partial charge in [0.25, 0.3) is 5.91 Å². The zero-order chi connectivity index (χ0) is 22.6. The van der Waals surface area contributed by atoms with Crippen molar-refractivity contribution < 1.29 is 14.3 Å². The van der Waals surface area contributed by atoms with Crippen LogP contribution < -0.4 is 15.0 Å². The van der Waals surface area contributed by atoms with Crippen LogP contribution in [0.4, 0.5) is 11.4 Å². The van der Waals surface area contributed by atoms with E-state index >= 15 is 0 Å². The predicted molar refractivity (Wildman–Crippen MR) is 131 cm³/mol. The number of thiophene rings is 1. The van der Waals surface area contributed by atoms with Crippen molar-refractivity contribution in [1.29, 1.82) is 0 Å². The third-order valence-electron chi connectivity index (χ3n) is 5.36. The number of hydrogen-bond acceptors (Lipinski definition) is 7. The van der Waals surface area contributed by atoms with Gasteiger partial charge in [-0.25, -0.2) is 9.97 Å². The number of halogens is 1. The van der Waals surface area contributed by atoms with Crippen LogP contribution >= 0.6 is 22.9 Å². The Kier molecular flexibility index (Phi) is 6.39. The third-order valence-corrected chi connectivity index (χ3v) is 6.50. The Bertz CT molecular complexity index is 1260. The van der Waals surface area contributed by atoms with Crippen LogP contribution in [0.2, 0.25) is 5.02 Å². The second-order valence-corrected chi connectivity index (χ2v) is 8.79. The molecule has 7 nitrogen and oxygen atoms in total. The number of nitrogens with zero attached hydrogens (tertiary/aromatic N) is 3. The summed E-state index contributed by atoms with van der Waals surface area (Å²) >= 11 is 7.52. The number of hydrogen-bond donors (Lipinski definition) is 1. The molecule has 1 saturated heterocycles. The smallest absolute Gasteiger partial charge is 0.262 e. The quantitative estimate of drug-likeness (QED) is 0.424. The van der Waals surface area contributed by atoms with Crippen LogP contribution in [0.25, 0.3) is 21.3 Å². The van der Waals surface area contributed by atoms with Crippen molar-refractivity contribution in [3.63, 3.8) is 0 Å². The molecular weight excluding hydrogens is 460 g/mol. The molecular formula is C24H21ClN4O3S. The summed E-state index contributed by atoms with van der Waals surface area (Å²) < 4.78 is 11.2. The Hall–Kier alpha value is -3.20. The first-order chi connectivity index (χ1) is 16.2. The van der Waals surface area contributed by atoms with Crippen LogP contribution in [-0.2, 0) is 9.53 Å². The summed E-state index contributed by atoms with van der Waals surface area (Å²) in [5, 5.41) is 6.33. The highest BCUT2D eigenvalue weighted by Crippen LogP contribution is 2.37. The van der Waals surface area contributed by atoms with E-state index in [0.717, 1.165) is 53.3 Å². The highest BCUT2D eigenvalue weighted by molar-refractivity contribution is 7.17. The maximum absolute atomic E-state index is 12.5. The summed E-state index contributed by atoms with van der Waals surface area (Å²) in [7, 11) is 0. The zero-order valence-corrected chi connectivity index (χ0v) is 19.2. The molecule has 2 aromatic carbocycles. The number of amides is 1. The van der Waals surface area contributed by atoms with Gasteiger partial charge in [0.1, 0.15) is 11.2 Å². The molecule has 1 aliphatic heterocycles. The zero-order valence-electron chi connectivity index (χ0n) is 17.7. The molecule has 1 fully saturated rings. The lowest BCUT2D eigenvalue weighted by molar-refractivity contribution is -0.118. The molecule has 0 aliphatic carbocycles. The summed E-state index contributed by atoms with van der Waals surface area (Å²) in [6, 6.07) is 15.3. The third kappa shape index (κ3) is 4.93. The second kappa shape index (κ2) is 9.74. The number of nitrogens with one attached hydrogen (secondary N) is 1. The Labute approximate surface area is 199 Å². The van der Waals surface area contributed by atoms with E-state index in [1.165, 1.54) is 17.7 Å². The van der Waals surface area contributed by atoms with Gasteiger partial charge in [0.2, 0.25) is 5.88 Å². The van der Waals surface area contributed by atoms with Crippen molar-refractivity contribution >= 4 is 50.4 Å². The molecule has 0 atom stereocenters. The summed E-state index contributed by atoms with van der Waals surface area (Å²) in [4.78, 5) is 24.2. The number of anilines is 2. The Morgan fingerprint density at radius 3 is 2.61 bits per heavy atom. The van der Waals surface area contributed by atoms with Gasteiger partial charge in [-0.2, -0.15) is 0 Å². The van der Waals surface area contributed by atoms with Gasteiger partial charge in [0, 0.05) is 40.4 Å². The molecule has 0 unspecified atom stereocenters. The predicted octanol–water partition coefficient (Wildman–Crippen LogP) is 4.87. The molecule has 0 radical (unpaired) electrons. The number of fused-ring (bicyclic) bond motifs is 1. The molecule has 0 saturated carbocycles. The summed E-state index contributed by atoms with van der Waals surface area (Å²) in [6.45, 7) is 3.04. The van der Waals surface area contributed by atoms with Crippen LogP contribution in [0.5, 0.6) is 5.88 Å². The van der Waals surface area contributed by atoms with E-state index in [1.54, 1.807) is 0 Å². The van der Waals surface area contributed by atoms with Gasteiger partial charge < -0.3 is 19.7 Å². The van der Waals surface area contributed by atoms with Gasteiger partial charge in [-0.05, 0) is 42.0 Å². The van der Waals surface area contributed by atoms with Crippen molar-refractivity contribution in [2.24, 2.45) is 0 Å². The molecule has 0 bridgehead atoms. The number of ether oxygens (including phenoxy) is 2. The van der Waals surface area contributed by atoms with Crippen LogP contribution in [-0.4, -0.2) is 48.8 Å². The molecule has 2 aromatic heterocycles. The van der Waals surface area contributed by atoms with Gasteiger partial charge in [-0.1, -0.05) is 23.7 Å². The number of benzene rings is 2. The molecule has 4 aromatic rings. The number of morpholine rings is 1. The van der Waals surface area contributed by atoms with Crippen LogP contribution in [0.15, 0.2) is 60.2 Å². The molecule has 9 heteroatoms. The highest BCUT2D eigenvalue weighted by atomic mass is 35.5. The second-order valence-electron chi connectivity index (χ2n) is 7.50. The summed E-state index contributed by atoms with van der Waals surface area (Å²) in [6.07, 6.45) is 1.45. The van der Waals surface area contributed by atoms with Crippen molar-refractivity contribution in [2.45, 2.75) is 0 Å². The minimum absolute atomic E-state index is 0.159. The first-order valence-corrected chi connectivity index (χ1v) is 11.8.